The molecule has 0 atom stereocenters. The molecule has 0 aliphatic heterocycles. The minimum Gasteiger partial charge on any atom is -0.494 e. The van der Waals surface area contributed by atoms with Crippen LogP contribution in [0.5, 0.6) is 5.75 Å². The van der Waals surface area contributed by atoms with Crippen LogP contribution in [0.25, 0.3) is 0 Å². The van der Waals surface area contributed by atoms with Gasteiger partial charge in [-0.25, -0.2) is 4.79 Å². The lowest BCUT2D eigenvalue weighted by molar-refractivity contribution is -0.119. The summed E-state index contributed by atoms with van der Waals surface area (Å²) in [6.07, 6.45) is 0. The van der Waals surface area contributed by atoms with Gasteiger partial charge in [-0.05, 0) is 36.8 Å². The lowest BCUT2D eigenvalue weighted by Gasteiger charge is -2.11. The average molecular weight is 403 g/mol. The molecular weight excluding hydrogens is 389 g/mol. The topological polar surface area (TPSA) is 64.6 Å². The van der Waals surface area contributed by atoms with Gasteiger partial charge in [-0.15, -0.1) is 0 Å². The molecule has 1 N–H and O–H groups in total. The summed E-state index contributed by atoms with van der Waals surface area (Å²) in [5.74, 6) is -0.970. The van der Waals surface area contributed by atoms with Crippen LogP contribution in [0.3, 0.4) is 0 Å². The monoisotopic (exact) mass is 401 g/mol. The van der Waals surface area contributed by atoms with Gasteiger partial charge in [0.05, 0.1) is 22.7 Å². The van der Waals surface area contributed by atoms with Crippen LogP contribution in [0.1, 0.15) is 15.9 Å². The van der Waals surface area contributed by atoms with Crippen LogP contribution in [0.15, 0.2) is 30.3 Å². The lowest BCUT2D eigenvalue weighted by Crippen LogP contribution is -2.21. The number of rotatable bonds is 5. The molecule has 0 aliphatic carbocycles. The third-order valence-corrected chi connectivity index (χ3v) is 4.29. The maximum Gasteiger partial charge on any atom is 0.338 e. The van der Waals surface area contributed by atoms with Crippen LogP contribution >= 0.6 is 34.8 Å². The van der Waals surface area contributed by atoms with Crippen molar-refractivity contribution in [1.29, 1.82) is 0 Å². The van der Waals surface area contributed by atoms with Crippen LogP contribution < -0.4 is 10.1 Å². The van der Waals surface area contributed by atoms with Crippen molar-refractivity contribution in [1.82, 2.24) is 0 Å². The highest BCUT2D eigenvalue weighted by Crippen LogP contribution is 2.34. The number of carbonyl (C=O) groups excluding carboxylic acids is 2. The molecule has 0 fully saturated rings. The Hall–Kier alpha value is -1.95. The number of amides is 1. The molecule has 5 nitrogen and oxygen atoms in total. The number of halogens is 3. The van der Waals surface area contributed by atoms with Gasteiger partial charge in [-0.1, -0.05) is 40.9 Å². The van der Waals surface area contributed by atoms with E-state index in [1.165, 1.54) is 19.2 Å². The fourth-order valence-corrected chi connectivity index (χ4v) is 2.83. The Kier molecular flexibility index (Phi) is 6.53. The minimum atomic E-state index is -0.732. The van der Waals surface area contributed by atoms with Crippen LogP contribution in [0.4, 0.5) is 5.69 Å². The zero-order valence-electron chi connectivity index (χ0n) is 13.4. The first-order valence-electron chi connectivity index (χ1n) is 7.08. The van der Waals surface area contributed by atoms with E-state index in [1.54, 1.807) is 25.1 Å². The van der Waals surface area contributed by atoms with E-state index in [1.807, 2.05) is 0 Å². The van der Waals surface area contributed by atoms with E-state index in [-0.39, 0.29) is 21.4 Å². The summed E-state index contributed by atoms with van der Waals surface area (Å²) in [6.45, 7) is 1.30. The van der Waals surface area contributed by atoms with Crippen molar-refractivity contribution in [3.63, 3.8) is 0 Å². The molecule has 2 rings (SSSR count). The normalized spacial score (nSPS) is 10.3. The smallest absolute Gasteiger partial charge is 0.338 e. The molecule has 25 heavy (non-hydrogen) atoms. The largest absolute Gasteiger partial charge is 0.494 e. The van der Waals surface area contributed by atoms with E-state index in [9.17, 15) is 9.59 Å². The second-order valence-corrected chi connectivity index (χ2v) is 6.23. The van der Waals surface area contributed by atoms with Gasteiger partial charge in [-0.2, -0.15) is 0 Å². The molecular formula is C17H14Cl3NO4. The molecule has 0 radical (unpaired) electrons. The van der Waals surface area contributed by atoms with E-state index in [0.717, 1.165) is 5.56 Å². The molecule has 0 aromatic heterocycles. The Morgan fingerprint density at radius 2 is 1.72 bits per heavy atom. The van der Waals surface area contributed by atoms with E-state index < -0.39 is 18.5 Å². The molecule has 0 unspecified atom stereocenters. The Bertz CT molecular complexity index is 801. The predicted octanol–water partition coefficient (Wildman–Crippen LogP) is 4.76. The summed E-state index contributed by atoms with van der Waals surface area (Å²) in [4.78, 5) is 24.0. The molecule has 8 heteroatoms. The van der Waals surface area contributed by atoms with E-state index in [0.29, 0.717) is 10.7 Å². The van der Waals surface area contributed by atoms with Gasteiger partial charge in [0, 0.05) is 10.7 Å². The standard InChI is InChI=1S/C17H14Cl3NO4/c1-9-11(18)4-3-5-14(9)21-15(22)8-25-17(23)10-6-12(19)16(24-2)13(20)7-10/h3-7H,8H2,1-2H3,(H,21,22). The molecule has 2 aromatic rings. The molecule has 132 valence electrons. The molecule has 0 bridgehead atoms. The maximum atomic E-state index is 12.0. The van der Waals surface area contributed by atoms with Crippen molar-refractivity contribution < 1.29 is 19.1 Å². The van der Waals surface area contributed by atoms with E-state index in [4.69, 9.17) is 44.3 Å². The number of esters is 1. The van der Waals surface area contributed by atoms with Crippen LogP contribution in [-0.4, -0.2) is 25.6 Å². The van der Waals surface area contributed by atoms with Gasteiger partial charge < -0.3 is 14.8 Å². The highest BCUT2D eigenvalue weighted by molar-refractivity contribution is 6.37. The highest BCUT2D eigenvalue weighted by atomic mass is 35.5. The van der Waals surface area contributed by atoms with E-state index >= 15 is 0 Å². The summed E-state index contributed by atoms with van der Waals surface area (Å²) >= 11 is 17.9. The zero-order chi connectivity index (χ0) is 18.6. The Labute approximate surface area is 159 Å². The van der Waals surface area contributed by atoms with Gasteiger partial charge >= 0.3 is 5.97 Å². The van der Waals surface area contributed by atoms with E-state index in [2.05, 4.69) is 5.32 Å². The quantitative estimate of drug-likeness (QED) is 0.732. The number of hydrogen-bond acceptors (Lipinski definition) is 4. The Morgan fingerprint density at radius 1 is 1.08 bits per heavy atom. The van der Waals surface area contributed by atoms with Crippen LogP contribution in [0.2, 0.25) is 15.1 Å². The highest BCUT2D eigenvalue weighted by Gasteiger charge is 2.16. The molecule has 2 aromatic carbocycles. The lowest BCUT2D eigenvalue weighted by atomic mass is 10.2. The molecule has 0 spiro atoms. The van der Waals surface area contributed by atoms with Crippen molar-refractivity contribution in [3.8, 4) is 5.75 Å². The number of methoxy groups -OCH3 is 1. The van der Waals surface area contributed by atoms with Crippen molar-refractivity contribution in [2.45, 2.75) is 6.92 Å². The number of benzene rings is 2. The first kappa shape index (κ1) is 19.4. The third-order valence-electron chi connectivity index (χ3n) is 3.31. The summed E-state index contributed by atoms with van der Waals surface area (Å²) in [5, 5.41) is 3.49. The van der Waals surface area contributed by atoms with Crippen molar-refractivity contribution in [3.05, 3.63) is 56.5 Å². The van der Waals surface area contributed by atoms with Crippen LogP contribution in [-0.2, 0) is 9.53 Å². The summed E-state index contributed by atoms with van der Waals surface area (Å²) in [6, 6.07) is 7.83. The van der Waals surface area contributed by atoms with Crippen molar-refractivity contribution in [2.75, 3.05) is 19.0 Å². The zero-order valence-corrected chi connectivity index (χ0v) is 15.6. The number of anilines is 1. The van der Waals surface area contributed by atoms with Gasteiger partial charge in [0.15, 0.2) is 12.4 Å². The molecule has 0 saturated carbocycles. The molecule has 0 heterocycles. The summed E-state index contributed by atoms with van der Waals surface area (Å²) < 4.78 is 9.98. The Balaban J connectivity index is 2.00. The first-order chi connectivity index (χ1) is 11.8. The molecule has 0 saturated heterocycles. The van der Waals surface area contributed by atoms with Crippen molar-refractivity contribution >= 4 is 52.4 Å². The second kappa shape index (κ2) is 8.43. The number of ether oxygens (including phenoxy) is 2. The second-order valence-electron chi connectivity index (χ2n) is 5.01. The van der Waals surface area contributed by atoms with Crippen molar-refractivity contribution in [2.24, 2.45) is 0 Å². The molecule has 1 amide bonds. The summed E-state index contributed by atoms with van der Waals surface area (Å²) in [5.41, 5.74) is 1.38. The number of hydrogen-bond donors (Lipinski definition) is 1. The SMILES string of the molecule is COc1c(Cl)cc(C(=O)OCC(=O)Nc2cccc(Cl)c2C)cc1Cl. The first-order valence-corrected chi connectivity index (χ1v) is 8.22. The summed E-state index contributed by atoms with van der Waals surface area (Å²) in [7, 11) is 1.41. The molecule has 0 aliphatic rings. The maximum absolute atomic E-state index is 12.0. The fourth-order valence-electron chi connectivity index (χ4n) is 2.02. The van der Waals surface area contributed by atoms with Gasteiger partial charge in [0.2, 0.25) is 0 Å². The van der Waals surface area contributed by atoms with Crippen LogP contribution in [0, 0.1) is 6.92 Å². The minimum absolute atomic E-state index is 0.113. The third kappa shape index (κ3) is 4.78. The van der Waals surface area contributed by atoms with Gasteiger partial charge in [0.1, 0.15) is 0 Å². The fraction of sp³-hybridized carbons (Fsp3) is 0.176. The van der Waals surface area contributed by atoms with Gasteiger partial charge in [0.25, 0.3) is 5.91 Å². The number of nitrogens with one attached hydrogen (secondary N) is 1. The predicted molar refractivity (Wildman–Crippen MR) is 98.1 cm³/mol. The Morgan fingerprint density at radius 3 is 2.32 bits per heavy atom. The van der Waals surface area contributed by atoms with Gasteiger partial charge in [-0.3, -0.25) is 4.79 Å². The number of carbonyl (C=O) groups is 2. The average Bonchev–Trinajstić information content (AvgIpc) is 2.56.